The van der Waals surface area contributed by atoms with E-state index in [1.807, 2.05) is 0 Å². The molecule has 1 aliphatic rings. The van der Waals surface area contributed by atoms with Gasteiger partial charge in [-0.2, -0.15) is 0 Å². The number of nitrogens with one attached hydrogen (secondary N) is 1. The Labute approximate surface area is 141 Å². The van der Waals surface area contributed by atoms with Gasteiger partial charge in [-0.1, -0.05) is 18.2 Å². The summed E-state index contributed by atoms with van der Waals surface area (Å²) >= 11 is 0. The first kappa shape index (κ1) is 18.1. The molecule has 1 heterocycles. The Balaban J connectivity index is 2.40. The zero-order valence-corrected chi connectivity index (χ0v) is 14.3. The summed E-state index contributed by atoms with van der Waals surface area (Å²) in [6, 6.07) is 5.18. The minimum atomic E-state index is -0.869. The molecule has 1 aromatic rings. The van der Waals surface area contributed by atoms with Crippen LogP contribution in [0.15, 0.2) is 35.6 Å². The summed E-state index contributed by atoms with van der Waals surface area (Å²) in [7, 11) is 0. The molecule has 1 atom stereocenters. The molecule has 0 fully saturated rings. The van der Waals surface area contributed by atoms with Crippen molar-refractivity contribution in [2.24, 2.45) is 0 Å². The second-order valence-electron chi connectivity index (χ2n) is 5.95. The van der Waals surface area contributed by atoms with Crippen LogP contribution in [0.1, 0.15) is 32.4 Å². The van der Waals surface area contributed by atoms with Gasteiger partial charge in [-0.25, -0.2) is 4.39 Å². The highest BCUT2D eigenvalue weighted by molar-refractivity contribution is 6.08. The number of likely N-dealkylation sites (N-methyl/N-ethyl adjacent to an activating group) is 1. The Hall–Kier alpha value is -2.21. The fourth-order valence-electron chi connectivity index (χ4n) is 3.15. The van der Waals surface area contributed by atoms with Crippen molar-refractivity contribution in [2.45, 2.75) is 26.8 Å². The van der Waals surface area contributed by atoms with E-state index in [4.69, 9.17) is 0 Å². The average molecular weight is 335 g/mol. The molecule has 2 rings (SSSR count). The Bertz CT molecular complexity index is 668. The summed E-state index contributed by atoms with van der Waals surface area (Å²) in [4.78, 5) is 27.1. The molecule has 1 aromatic carbocycles. The molecule has 0 aromatic heterocycles. The SMILES string of the molecule is CC[NH+](CC)CCN1C(=O)C(O)=C(C(C)=O)C1c1ccccc1F. The van der Waals surface area contributed by atoms with E-state index in [2.05, 4.69) is 13.8 Å². The third-order valence-corrected chi connectivity index (χ3v) is 4.59. The maximum atomic E-state index is 14.3. The lowest BCUT2D eigenvalue weighted by Gasteiger charge is -2.28. The number of benzene rings is 1. The molecule has 0 saturated heterocycles. The van der Waals surface area contributed by atoms with E-state index in [1.54, 1.807) is 18.2 Å². The van der Waals surface area contributed by atoms with Crippen molar-refractivity contribution in [2.75, 3.05) is 26.2 Å². The average Bonchev–Trinajstić information content (AvgIpc) is 2.81. The minimum absolute atomic E-state index is 0.0281. The number of nitrogens with zero attached hydrogens (tertiary/aromatic N) is 1. The third kappa shape index (κ3) is 3.33. The van der Waals surface area contributed by atoms with Crippen LogP contribution in [-0.2, 0) is 9.59 Å². The van der Waals surface area contributed by atoms with Gasteiger partial charge in [0.1, 0.15) is 5.82 Å². The topological polar surface area (TPSA) is 62.1 Å². The lowest BCUT2D eigenvalue weighted by atomic mass is 9.96. The number of aliphatic hydroxyl groups excluding tert-OH is 1. The van der Waals surface area contributed by atoms with Crippen LogP contribution in [0.5, 0.6) is 0 Å². The van der Waals surface area contributed by atoms with Crippen LogP contribution in [0.4, 0.5) is 4.39 Å². The van der Waals surface area contributed by atoms with Gasteiger partial charge in [0, 0.05) is 5.56 Å². The van der Waals surface area contributed by atoms with Crippen LogP contribution >= 0.6 is 0 Å². The minimum Gasteiger partial charge on any atom is -0.503 e. The highest BCUT2D eigenvalue weighted by Crippen LogP contribution is 2.38. The Morgan fingerprint density at radius 3 is 2.46 bits per heavy atom. The van der Waals surface area contributed by atoms with Crippen molar-refractivity contribution in [3.05, 3.63) is 47.0 Å². The summed E-state index contributed by atoms with van der Waals surface area (Å²) in [6.07, 6.45) is 0. The van der Waals surface area contributed by atoms with Crippen molar-refractivity contribution in [3.63, 3.8) is 0 Å². The second-order valence-corrected chi connectivity index (χ2v) is 5.95. The Morgan fingerprint density at radius 1 is 1.29 bits per heavy atom. The van der Waals surface area contributed by atoms with Crippen molar-refractivity contribution in [1.82, 2.24) is 4.90 Å². The molecular formula is C18H24FN2O3+. The first-order chi connectivity index (χ1) is 11.4. The fourth-order valence-corrected chi connectivity index (χ4v) is 3.15. The van der Waals surface area contributed by atoms with Crippen LogP contribution in [0.3, 0.4) is 0 Å². The largest absolute Gasteiger partial charge is 0.503 e. The van der Waals surface area contributed by atoms with Gasteiger partial charge in [0.05, 0.1) is 37.8 Å². The number of halogens is 1. The normalized spacial score (nSPS) is 18.0. The summed E-state index contributed by atoms with van der Waals surface area (Å²) in [5, 5.41) is 10.1. The smallest absolute Gasteiger partial charge is 0.290 e. The summed E-state index contributed by atoms with van der Waals surface area (Å²) < 4.78 is 14.3. The monoisotopic (exact) mass is 335 g/mol. The number of rotatable bonds is 7. The van der Waals surface area contributed by atoms with Gasteiger partial charge in [0.15, 0.2) is 11.5 Å². The number of amides is 1. The summed E-state index contributed by atoms with van der Waals surface area (Å²) in [5.74, 6) is -2.10. The molecular weight excluding hydrogens is 311 g/mol. The van der Waals surface area contributed by atoms with Crippen LogP contribution in [0.25, 0.3) is 0 Å². The lowest BCUT2D eigenvalue weighted by Crippen LogP contribution is -3.12. The van der Waals surface area contributed by atoms with Crippen molar-refractivity contribution < 1.29 is 24.0 Å². The van der Waals surface area contributed by atoms with Crippen molar-refractivity contribution in [3.8, 4) is 0 Å². The highest BCUT2D eigenvalue weighted by atomic mass is 19.1. The molecule has 2 N–H and O–H groups in total. The molecule has 0 spiro atoms. The second kappa shape index (κ2) is 7.57. The molecule has 5 nitrogen and oxygen atoms in total. The number of hydrogen-bond acceptors (Lipinski definition) is 3. The standard InChI is InChI=1S/C18H23FN2O3/c1-4-20(5-2)10-11-21-16(13-8-6-7-9-14(13)19)15(12(3)22)17(23)18(21)24/h6-9,16,23H,4-5,10-11H2,1-3H3/p+1. The van der Waals surface area contributed by atoms with E-state index in [9.17, 15) is 19.1 Å². The number of hydrogen-bond donors (Lipinski definition) is 2. The van der Waals surface area contributed by atoms with Gasteiger partial charge < -0.3 is 14.9 Å². The van der Waals surface area contributed by atoms with E-state index >= 15 is 0 Å². The van der Waals surface area contributed by atoms with Gasteiger partial charge >= 0.3 is 0 Å². The predicted molar refractivity (Wildman–Crippen MR) is 88.1 cm³/mol. The molecule has 1 amide bonds. The van der Waals surface area contributed by atoms with E-state index in [1.165, 1.54) is 22.8 Å². The molecule has 0 bridgehead atoms. The maximum absolute atomic E-state index is 14.3. The number of Topliss-reactive ketones (excluding diaryl/α,β-unsaturated/α-hetero) is 1. The molecule has 1 unspecified atom stereocenters. The van der Waals surface area contributed by atoms with Crippen LogP contribution in [-0.4, -0.2) is 47.9 Å². The van der Waals surface area contributed by atoms with Gasteiger partial charge in [0.25, 0.3) is 5.91 Å². The lowest BCUT2D eigenvalue weighted by molar-refractivity contribution is -0.895. The first-order valence-electron chi connectivity index (χ1n) is 8.25. The molecule has 6 heteroatoms. The quantitative estimate of drug-likeness (QED) is 0.782. The zero-order chi connectivity index (χ0) is 17.9. The van der Waals surface area contributed by atoms with Gasteiger partial charge in [-0.15, -0.1) is 0 Å². The number of carbonyl (C=O) groups excluding carboxylic acids is 2. The van der Waals surface area contributed by atoms with E-state index in [0.29, 0.717) is 13.1 Å². The molecule has 130 valence electrons. The first-order valence-corrected chi connectivity index (χ1v) is 8.25. The van der Waals surface area contributed by atoms with E-state index in [-0.39, 0.29) is 11.1 Å². The number of carbonyl (C=O) groups is 2. The zero-order valence-electron chi connectivity index (χ0n) is 14.3. The Morgan fingerprint density at radius 2 is 1.92 bits per heavy atom. The summed E-state index contributed by atoms with van der Waals surface area (Å²) in [6.45, 7) is 8.21. The van der Waals surface area contributed by atoms with Crippen LogP contribution in [0.2, 0.25) is 0 Å². The van der Waals surface area contributed by atoms with Crippen molar-refractivity contribution >= 4 is 11.7 Å². The molecule has 0 aliphatic carbocycles. The molecule has 1 aliphatic heterocycles. The Kier molecular flexibility index (Phi) is 5.72. The van der Waals surface area contributed by atoms with Crippen LogP contribution < -0.4 is 4.90 Å². The van der Waals surface area contributed by atoms with Gasteiger partial charge in [-0.3, -0.25) is 9.59 Å². The predicted octanol–water partition coefficient (Wildman–Crippen LogP) is 1.03. The fraction of sp³-hybridized carbons (Fsp3) is 0.444. The molecule has 0 radical (unpaired) electrons. The van der Waals surface area contributed by atoms with E-state index < -0.39 is 29.3 Å². The number of quaternary nitrogens is 1. The van der Waals surface area contributed by atoms with Crippen molar-refractivity contribution in [1.29, 1.82) is 0 Å². The highest BCUT2D eigenvalue weighted by Gasteiger charge is 2.43. The number of ketones is 1. The van der Waals surface area contributed by atoms with Gasteiger partial charge in [0.2, 0.25) is 0 Å². The van der Waals surface area contributed by atoms with Crippen LogP contribution in [0, 0.1) is 5.82 Å². The van der Waals surface area contributed by atoms with Gasteiger partial charge in [-0.05, 0) is 26.8 Å². The maximum Gasteiger partial charge on any atom is 0.290 e. The summed E-state index contributed by atoms with van der Waals surface area (Å²) in [5.41, 5.74) is 0.203. The molecule has 0 saturated carbocycles. The third-order valence-electron chi connectivity index (χ3n) is 4.59. The number of aliphatic hydroxyl groups is 1. The molecule has 24 heavy (non-hydrogen) atoms. The van der Waals surface area contributed by atoms with E-state index in [0.717, 1.165) is 13.1 Å².